The van der Waals surface area contributed by atoms with E-state index in [2.05, 4.69) is 20.8 Å². The van der Waals surface area contributed by atoms with Crippen molar-refractivity contribution in [2.45, 2.75) is 44.5 Å². The lowest BCUT2D eigenvalue weighted by molar-refractivity contribution is -0.182. The molecule has 2 aliphatic rings. The number of rotatable bonds is 9. The average Bonchev–Trinajstić information content (AvgIpc) is 3.27. The lowest BCUT2D eigenvalue weighted by Crippen LogP contribution is -2.70. The summed E-state index contributed by atoms with van der Waals surface area (Å²) in [5.41, 5.74) is 5.42. The van der Waals surface area contributed by atoms with E-state index in [0.717, 1.165) is 11.3 Å². The fourth-order valence-corrected chi connectivity index (χ4v) is 5.06. The van der Waals surface area contributed by atoms with Crippen molar-refractivity contribution in [1.29, 1.82) is 0 Å². The van der Waals surface area contributed by atoms with Gasteiger partial charge in [0.2, 0.25) is 12.2 Å². The quantitative estimate of drug-likeness (QED) is 0.120. The van der Waals surface area contributed by atoms with Gasteiger partial charge in [-0.05, 0) is 13.0 Å². The molecule has 3 rings (SSSR count). The van der Waals surface area contributed by atoms with Gasteiger partial charge in [-0.3, -0.25) is 24.1 Å². The first kappa shape index (κ1) is 27.1. The summed E-state index contributed by atoms with van der Waals surface area (Å²) in [4.78, 5) is 71.3. The minimum atomic E-state index is -1.13. The number of aromatic nitrogens is 1. The van der Waals surface area contributed by atoms with Gasteiger partial charge in [-0.2, -0.15) is 0 Å². The second-order valence-corrected chi connectivity index (χ2v) is 9.50. The number of carbonyl (C=O) groups excluding carboxylic acids is 5. The van der Waals surface area contributed by atoms with Crippen LogP contribution in [0.2, 0.25) is 0 Å². The number of thioether (sulfide) groups is 1. The van der Waals surface area contributed by atoms with E-state index >= 15 is 0 Å². The Kier molecular flexibility index (Phi) is 8.65. The molecule has 0 bridgehead atoms. The largest absolute Gasteiger partial charge is 0.426 e. The molecule has 4 atom stereocenters. The molecule has 194 valence electrons. The van der Waals surface area contributed by atoms with Gasteiger partial charge in [0.05, 0.1) is 6.04 Å². The molecule has 0 radical (unpaired) electrons. The zero-order valence-corrected chi connectivity index (χ0v) is 21.3. The first-order chi connectivity index (χ1) is 17.0. The van der Waals surface area contributed by atoms with E-state index in [4.69, 9.17) is 20.0 Å². The number of hydrogen-bond donors (Lipinski definition) is 3. The molecule has 36 heavy (non-hydrogen) atoms. The Hall–Kier alpha value is -3.50. The Labute approximate surface area is 213 Å². The molecule has 0 saturated carbocycles. The second kappa shape index (κ2) is 11.5. The molecule has 3 heterocycles. The lowest BCUT2D eigenvalue weighted by Gasteiger charge is -2.48. The van der Waals surface area contributed by atoms with Gasteiger partial charge in [-0.15, -0.1) is 23.1 Å². The second-order valence-electron chi connectivity index (χ2n) is 7.49. The van der Waals surface area contributed by atoms with Crippen LogP contribution in [0.3, 0.4) is 0 Å². The van der Waals surface area contributed by atoms with E-state index in [0.29, 0.717) is 5.75 Å². The topological polar surface area (TPSA) is 192 Å². The molecule has 0 spiro atoms. The highest BCUT2D eigenvalue weighted by Crippen LogP contribution is 2.38. The number of oxime groups is 1. The van der Waals surface area contributed by atoms with E-state index in [1.165, 1.54) is 56.0 Å². The van der Waals surface area contributed by atoms with Crippen molar-refractivity contribution in [2.24, 2.45) is 10.9 Å². The van der Waals surface area contributed by atoms with Crippen LogP contribution in [-0.2, 0) is 38.3 Å². The summed E-state index contributed by atoms with van der Waals surface area (Å²) in [6.07, 6.45) is 0.384. The number of hydrogen-bond acceptors (Lipinski definition) is 13. The zero-order chi connectivity index (χ0) is 26.6. The molecule has 1 fully saturated rings. The Morgan fingerprint density at radius 3 is 2.64 bits per heavy atom. The summed E-state index contributed by atoms with van der Waals surface area (Å²) in [7, 11) is 1.24. The molecule has 1 aromatic heterocycles. The molecule has 3 amide bonds. The normalized spacial score (nSPS) is 20.7. The van der Waals surface area contributed by atoms with Crippen molar-refractivity contribution in [1.82, 2.24) is 15.2 Å². The highest BCUT2D eigenvalue weighted by Gasteiger charge is 2.53. The number of nitrogens with zero attached hydrogens (tertiary/aromatic N) is 3. The number of thiazole rings is 1. The van der Waals surface area contributed by atoms with E-state index in [-0.39, 0.29) is 22.2 Å². The molecule has 4 N–H and O–H groups in total. The molecular weight excluding hydrogens is 516 g/mol. The van der Waals surface area contributed by atoms with Crippen LogP contribution in [0.15, 0.2) is 22.3 Å². The van der Waals surface area contributed by atoms with Crippen LogP contribution in [0, 0.1) is 0 Å². The first-order valence-corrected chi connectivity index (χ1v) is 12.4. The Morgan fingerprint density at radius 1 is 1.28 bits per heavy atom. The number of amides is 3. The highest BCUT2D eigenvalue weighted by atomic mass is 32.2. The van der Waals surface area contributed by atoms with Crippen molar-refractivity contribution in [3.63, 3.8) is 0 Å². The van der Waals surface area contributed by atoms with E-state index in [9.17, 15) is 24.0 Å². The summed E-state index contributed by atoms with van der Waals surface area (Å²) < 4.78 is 9.85. The fraction of sp³-hybridized carbons (Fsp3) is 0.450. The Bertz CT molecular complexity index is 1130. The van der Waals surface area contributed by atoms with Gasteiger partial charge in [0.25, 0.3) is 11.8 Å². The molecule has 16 heteroatoms. The first-order valence-electron chi connectivity index (χ1n) is 10.5. The third kappa shape index (κ3) is 6.00. The smallest absolute Gasteiger partial charge is 0.357 e. The number of fused-ring (bicyclic) bond motifs is 1. The van der Waals surface area contributed by atoms with Crippen LogP contribution in [0.5, 0.6) is 0 Å². The average molecular weight is 541 g/mol. The van der Waals surface area contributed by atoms with Crippen LogP contribution in [0.4, 0.5) is 5.13 Å². The highest BCUT2D eigenvalue weighted by molar-refractivity contribution is 8.00. The predicted octanol–water partition coefficient (Wildman–Crippen LogP) is -0.485. The van der Waals surface area contributed by atoms with Crippen molar-refractivity contribution < 1.29 is 38.3 Å². The molecule has 1 unspecified atom stereocenters. The Balaban J connectivity index is 1.67. The third-order valence-electron chi connectivity index (χ3n) is 4.74. The van der Waals surface area contributed by atoms with E-state index in [1.54, 1.807) is 0 Å². The van der Waals surface area contributed by atoms with Crippen molar-refractivity contribution in [3.8, 4) is 0 Å². The standard InChI is InChI=1S/C20H24N6O8S2/c1-8(21)15(28)24-20-22-11(7-36-20)13(25-32-4)16(29)23-14-17(30)26-12(5-6-35-18(14)26)19(31)34-10(3)33-9(2)27/h5,7-8,10,14,18H,6,21H2,1-4H3,(H,23,29)(H,22,24,28)/b25-13-/t8-,10?,14+,18+/m0/s1. The van der Waals surface area contributed by atoms with Gasteiger partial charge in [-0.25, -0.2) is 9.78 Å². The van der Waals surface area contributed by atoms with Crippen LogP contribution < -0.4 is 16.4 Å². The molecule has 0 aliphatic carbocycles. The number of esters is 2. The molecule has 1 saturated heterocycles. The lowest BCUT2D eigenvalue weighted by atomic mass is 10.0. The maximum Gasteiger partial charge on any atom is 0.357 e. The van der Waals surface area contributed by atoms with E-state index in [1.807, 2.05) is 0 Å². The molecule has 14 nitrogen and oxygen atoms in total. The van der Waals surface area contributed by atoms with Crippen LogP contribution >= 0.6 is 23.1 Å². The SMILES string of the molecule is CO/N=C(\C(=O)N[C@@H]1C(=O)N2C(C(=O)OC(C)OC(C)=O)=CCS[C@H]12)c1csc(NC(=O)[C@H](C)N)n1. The minimum Gasteiger partial charge on any atom is -0.426 e. The number of carbonyl (C=O) groups is 5. The van der Waals surface area contributed by atoms with Crippen LogP contribution in [0.1, 0.15) is 26.5 Å². The number of nitrogens with two attached hydrogens (primary N) is 1. The molecule has 1 aromatic rings. The predicted molar refractivity (Wildman–Crippen MR) is 128 cm³/mol. The Morgan fingerprint density at radius 2 is 2.00 bits per heavy atom. The maximum atomic E-state index is 13.0. The zero-order valence-electron chi connectivity index (χ0n) is 19.7. The minimum absolute atomic E-state index is 0.00644. The third-order valence-corrected chi connectivity index (χ3v) is 6.68. The van der Waals surface area contributed by atoms with Crippen molar-refractivity contribution in [2.75, 3.05) is 18.2 Å². The van der Waals surface area contributed by atoms with Gasteiger partial charge >= 0.3 is 11.9 Å². The maximum absolute atomic E-state index is 13.0. The summed E-state index contributed by atoms with van der Waals surface area (Å²) in [5, 5.41) is 9.94. The molecule has 0 aromatic carbocycles. The van der Waals surface area contributed by atoms with Gasteiger partial charge in [0, 0.05) is 25.0 Å². The van der Waals surface area contributed by atoms with Crippen molar-refractivity contribution >= 4 is 63.6 Å². The number of ether oxygens (including phenoxy) is 2. The van der Waals surface area contributed by atoms with E-state index < -0.39 is 53.4 Å². The fourth-order valence-electron chi connectivity index (χ4n) is 3.16. The molecule has 2 aliphatic heterocycles. The molecular formula is C20H24N6O8S2. The van der Waals surface area contributed by atoms with Gasteiger partial charge < -0.3 is 30.7 Å². The van der Waals surface area contributed by atoms with Crippen molar-refractivity contribution in [3.05, 3.63) is 22.8 Å². The van der Waals surface area contributed by atoms with Gasteiger partial charge in [0.15, 0.2) is 10.8 Å². The van der Waals surface area contributed by atoms with Gasteiger partial charge in [0.1, 0.15) is 29.9 Å². The number of β-lactam (4-membered cyclic amide) rings is 1. The number of anilines is 1. The van der Waals surface area contributed by atoms with Crippen LogP contribution in [-0.4, -0.2) is 81.9 Å². The summed E-state index contributed by atoms with van der Waals surface area (Å²) >= 11 is 2.38. The summed E-state index contributed by atoms with van der Waals surface area (Å²) in [5.74, 6) is -2.82. The van der Waals surface area contributed by atoms with Crippen LogP contribution in [0.25, 0.3) is 0 Å². The number of nitrogens with one attached hydrogen (secondary N) is 2. The monoisotopic (exact) mass is 540 g/mol. The van der Waals surface area contributed by atoms with Gasteiger partial charge in [-0.1, -0.05) is 5.16 Å². The summed E-state index contributed by atoms with van der Waals surface area (Å²) in [6.45, 7) is 4.06. The summed E-state index contributed by atoms with van der Waals surface area (Å²) in [6, 6.07) is -1.71.